The average Bonchev–Trinajstić information content (AvgIpc) is 3.52. The van der Waals surface area contributed by atoms with E-state index in [4.69, 9.17) is 19.5 Å². The van der Waals surface area contributed by atoms with E-state index < -0.39 is 48.0 Å². The first-order valence-corrected chi connectivity index (χ1v) is 17.9. The molecule has 0 aromatic heterocycles. The molecule has 1 saturated carbocycles. The molecule has 1 aliphatic carbocycles. The lowest BCUT2D eigenvalue weighted by Gasteiger charge is -2.34. The molecule has 14 nitrogen and oxygen atoms in total. The van der Waals surface area contributed by atoms with Gasteiger partial charge in [-0.1, -0.05) is 62.4 Å². The zero-order valence-electron chi connectivity index (χ0n) is 27.6. The zero-order chi connectivity index (χ0) is 34.0. The molecule has 2 fully saturated rings. The van der Waals surface area contributed by atoms with Crippen LogP contribution in [0.3, 0.4) is 0 Å². The summed E-state index contributed by atoms with van der Waals surface area (Å²) in [5.41, 5.74) is 7.62. The molecular weight excluding hydrogens is 627 g/mol. The Labute approximate surface area is 276 Å². The second kappa shape index (κ2) is 17.0. The monoisotopic (exact) mass is 677 g/mol. The van der Waals surface area contributed by atoms with Gasteiger partial charge in [0, 0.05) is 52.2 Å². The Morgan fingerprint density at radius 1 is 1.11 bits per heavy atom. The second-order valence-electron chi connectivity index (χ2n) is 12.5. The Kier molecular flexibility index (Phi) is 13.4. The predicted molar refractivity (Wildman–Crippen MR) is 176 cm³/mol. The number of morpholine rings is 1. The number of aliphatic imine (C=N–C) groups is 1. The van der Waals surface area contributed by atoms with E-state index in [0.717, 1.165) is 31.2 Å². The maximum Gasteiger partial charge on any atom is 0.442 e. The van der Waals surface area contributed by atoms with Gasteiger partial charge < -0.3 is 34.8 Å². The summed E-state index contributed by atoms with van der Waals surface area (Å²) in [7, 11) is -1.31. The number of nitrogens with two attached hydrogens (primary N) is 1. The summed E-state index contributed by atoms with van der Waals surface area (Å²) in [5, 5.41) is 17.0. The fourth-order valence-electron chi connectivity index (χ4n) is 6.47. The summed E-state index contributed by atoms with van der Waals surface area (Å²) in [6.45, 7) is 3.19. The van der Waals surface area contributed by atoms with E-state index >= 15 is 0 Å². The van der Waals surface area contributed by atoms with Crippen LogP contribution in [0.5, 0.6) is 0 Å². The highest BCUT2D eigenvalue weighted by Crippen LogP contribution is 2.52. The fraction of sp³-hybridized carbons (Fsp3) is 0.625. The van der Waals surface area contributed by atoms with Crippen molar-refractivity contribution in [3.8, 4) is 0 Å². The molecule has 1 saturated heterocycles. The molecular formula is C32H50N6O8P+. The minimum Gasteiger partial charge on any atom is -0.379 e. The minimum absolute atomic E-state index is 0.180. The van der Waals surface area contributed by atoms with Crippen molar-refractivity contribution in [2.24, 2.45) is 16.6 Å². The molecule has 2 unspecified atom stereocenters. The van der Waals surface area contributed by atoms with Crippen molar-refractivity contribution in [1.82, 2.24) is 15.5 Å². The summed E-state index contributed by atoms with van der Waals surface area (Å²) in [6.07, 6.45) is 9.04. The smallest absolute Gasteiger partial charge is 0.379 e. The van der Waals surface area contributed by atoms with E-state index in [-0.39, 0.29) is 18.9 Å². The second-order valence-corrected chi connectivity index (χ2v) is 14.9. The van der Waals surface area contributed by atoms with E-state index in [1.807, 2.05) is 37.3 Å². The molecule has 3 aliphatic rings. The Bertz CT molecular complexity index is 1330. The predicted octanol–water partition coefficient (Wildman–Crippen LogP) is 3.46. The van der Waals surface area contributed by atoms with Crippen molar-refractivity contribution in [2.75, 3.05) is 40.5 Å². The van der Waals surface area contributed by atoms with Crippen LogP contribution in [0.25, 0.3) is 0 Å². The highest BCUT2D eigenvalue weighted by atomic mass is 31.2. The third-order valence-electron chi connectivity index (χ3n) is 9.11. The van der Waals surface area contributed by atoms with Crippen molar-refractivity contribution in [3.05, 3.63) is 47.8 Å². The Balaban J connectivity index is 1.54. The summed E-state index contributed by atoms with van der Waals surface area (Å²) in [5.74, 6) is -1.71. The fourth-order valence-corrected chi connectivity index (χ4v) is 7.70. The zero-order valence-corrected chi connectivity index (χ0v) is 28.5. The van der Waals surface area contributed by atoms with Crippen LogP contribution >= 0.6 is 7.60 Å². The van der Waals surface area contributed by atoms with Crippen LogP contribution in [0.15, 0.2) is 47.2 Å². The molecule has 5 amide bonds. The van der Waals surface area contributed by atoms with Gasteiger partial charge in [0.05, 0.1) is 13.2 Å². The maximum absolute atomic E-state index is 14.0. The number of carbonyl (C=O) groups is 3. The molecule has 5 atom stereocenters. The number of hydrogen-bond donors (Lipinski definition) is 4. The van der Waals surface area contributed by atoms with Gasteiger partial charge in [0.15, 0.2) is 5.85 Å². The maximum atomic E-state index is 14.0. The molecule has 2 heterocycles. The standard InChI is InChI=1S/C32H49N6O8P/c1-23(35-28(20-25-12-8-5-9-13-25)30(40)47(43,44-2)45-3)18-26-21-38(22-34-26,29(39)27(33)19-24-10-6-4-7-11-24)32(42)36-31(41)37-14-16-46-17-15-37/h4,6-7,10-11,21-23,25,27-28,30,35,40H,5,8-9,12-20,33H2,1-3H3/p+1/t23-,27+,28+,30?,38?/m1/s1. The number of nitrogens with zero attached hydrogens (tertiary/aromatic N) is 3. The van der Waals surface area contributed by atoms with Gasteiger partial charge in [-0.3, -0.25) is 4.57 Å². The van der Waals surface area contributed by atoms with Crippen LogP contribution < -0.4 is 16.4 Å². The number of urea groups is 2. The highest BCUT2D eigenvalue weighted by molar-refractivity contribution is 7.54. The van der Waals surface area contributed by atoms with Gasteiger partial charge >= 0.3 is 25.6 Å². The van der Waals surface area contributed by atoms with Gasteiger partial charge in [-0.25, -0.2) is 24.7 Å². The minimum atomic E-state index is -3.81. The van der Waals surface area contributed by atoms with Crippen molar-refractivity contribution in [1.29, 1.82) is 0 Å². The molecule has 0 radical (unpaired) electrons. The molecule has 2 aliphatic heterocycles. The van der Waals surface area contributed by atoms with E-state index in [1.165, 1.54) is 38.1 Å². The number of nitrogens with one attached hydrogen (secondary N) is 2. The lowest BCUT2D eigenvalue weighted by molar-refractivity contribution is -0.608. The molecule has 0 spiro atoms. The molecule has 47 heavy (non-hydrogen) atoms. The van der Waals surface area contributed by atoms with Gasteiger partial charge in [0.2, 0.25) is 6.34 Å². The lowest BCUT2D eigenvalue weighted by Crippen LogP contribution is -2.63. The van der Waals surface area contributed by atoms with Gasteiger partial charge in [-0.2, -0.15) is 0 Å². The van der Waals surface area contributed by atoms with Gasteiger partial charge in [0.25, 0.3) is 0 Å². The lowest BCUT2D eigenvalue weighted by atomic mass is 9.84. The van der Waals surface area contributed by atoms with Gasteiger partial charge in [-0.15, -0.1) is 4.48 Å². The van der Waals surface area contributed by atoms with Crippen molar-refractivity contribution in [3.63, 3.8) is 0 Å². The molecule has 4 rings (SSSR count). The molecule has 5 N–H and O–H groups in total. The van der Waals surface area contributed by atoms with Crippen LogP contribution in [0.2, 0.25) is 0 Å². The summed E-state index contributed by atoms with van der Waals surface area (Å²) >= 11 is 0. The number of rotatable bonds is 13. The molecule has 260 valence electrons. The first-order valence-electron chi connectivity index (χ1n) is 16.3. The number of hydrogen-bond acceptors (Lipinski definition) is 11. The summed E-state index contributed by atoms with van der Waals surface area (Å²) < 4.78 is 27.7. The van der Waals surface area contributed by atoms with E-state index in [1.54, 1.807) is 0 Å². The molecule has 1 aromatic rings. The first-order chi connectivity index (χ1) is 22.5. The first kappa shape index (κ1) is 37.0. The molecule has 1 aromatic carbocycles. The van der Waals surface area contributed by atoms with Crippen molar-refractivity contribution >= 4 is 31.9 Å². The topological polar surface area (TPSA) is 182 Å². The summed E-state index contributed by atoms with van der Waals surface area (Å²) in [6, 6.07) is 5.67. The Morgan fingerprint density at radius 2 is 1.77 bits per heavy atom. The number of ether oxygens (including phenoxy) is 1. The number of amides is 5. The number of quaternary nitrogens is 1. The number of imide groups is 2. The highest BCUT2D eigenvalue weighted by Gasteiger charge is 2.50. The summed E-state index contributed by atoms with van der Waals surface area (Å²) in [4.78, 5) is 46.6. The Hall–Kier alpha value is -2.81. The van der Waals surface area contributed by atoms with Gasteiger partial charge in [-0.05, 0) is 24.8 Å². The van der Waals surface area contributed by atoms with Crippen molar-refractivity contribution in [2.45, 2.75) is 82.3 Å². The van der Waals surface area contributed by atoms with Crippen LogP contribution in [-0.2, 0) is 29.6 Å². The number of benzene rings is 1. The van der Waals surface area contributed by atoms with Crippen molar-refractivity contribution < 1.29 is 42.3 Å². The van der Waals surface area contributed by atoms with E-state index in [0.29, 0.717) is 44.3 Å². The van der Waals surface area contributed by atoms with E-state index in [9.17, 15) is 24.1 Å². The number of aliphatic hydroxyl groups is 1. The number of carbonyl (C=O) groups excluding carboxylic acids is 3. The average molecular weight is 678 g/mol. The van der Waals surface area contributed by atoms with Gasteiger partial charge in [0.1, 0.15) is 17.9 Å². The van der Waals surface area contributed by atoms with E-state index in [2.05, 4.69) is 15.6 Å². The van der Waals surface area contributed by atoms with Crippen LogP contribution in [-0.4, -0.2) is 103 Å². The quantitative estimate of drug-likeness (QED) is 0.178. The third-order valence-corrected chi connectivity index (χ3v) is 11.1. The SMILES string of the molecule is COP(=O)(OC)C(O)[C@H](CC1CCCCC1)N[C@H](C)CC1=C[N+](C(=O)NC(=O)N2CCOCC2)(C(=O)[C@@H](N)Cc2ccccc2)C=N1. The normalized spacial score (nSPS) is 23.1. The molecule has 0 bridgehead atoms. The Morgan fingerprint density at radius 3 is 2.40 bits per heavy atom. The molecule has 15 heteroatoms. The third kappa shape index (κ3) is 9.42. The van der Waals surface area contributed by atoms with Crippen LogP contribution in [0, 0.1) is 5.92 Å². The largest absolute Gasteiger partial charge is 0.442 e. The van der Waals surface area contributed by atoms with Crippen LogP contribution in [0.1, 0.15) is 57.4 Å². The van der Waals surface area contributed by atoms with Crippen LogP contribution in [0.4, 0.5) is 9.59 Å². The number of aliphatic hydroxyl groups excluding tert-OH is 1.